The third kappa shape index (κ3) is 2.01. The molecular weight excluding hydrogens is 282 g/mol. The third-order valence-electron chi connectivity index (χ3n) is 4.55. The summed E-state index contributed by atoms with van der Waals surface area (Å²) >= 11 is 0. The first-order chi connectivity index (χ1) is 9.91. The summed E-state index contributed by atoms with van der Waals surface area (Å²) in [6.45, 7) is 0. The monoisotopic (exact) mass is 297 g/mol. The van der Waals surface area contributed by atoms with Gasteiger partial charge >= 0.3 is 11.9 Å². The van der Waals surface area contributed by atoms with Crippen LogP contribution < -0.4 is 0 Å². The molecule has 3 fully saturated rings. The van der Waals surface area contributed by atoms with Gasteiger partial charge < -0.3 is 14.9 Å². The second kappa shape index (κ2) is 4.80. The van der Waals surface area contributed by atoms with Crippen LogP contribution >= 0.6 is 0 Å². The van der Waals surface area contributed by atoms with E-state index in [0.29, 0.717) is 12.8 Å². The number of rotatable bonds is 5. The van der Waals surface area contributed by atoms with E-state index in [-0.39, 0.29) is 18.6 Å². The van der Waals surface area contributed by atoms with Crippen LogP contribution in [0.5, 0.6) is 0 Å². The largest absolute Gasteiger partial charge is 0.481 e. The SMILES string of the molecule is O=C(O)CC[C@H](C(=O)O)N1C(=O)[C@@H]2[C@H](C1=O)[C@H]1CC[C@@H]2O1. The lowest BCUT2D eigenvalue weighted by atomic mass is 9.81. The van der Waals surface area contributed by atoms with Gasteiger partial charge in [-0.2, -0.15) is 0 Å². The lowest BCUT2D eigenvalue weighted by Gasteiger charge is -2.24. The summed E-state index contributed by atoms with van der Waals surface area (Å²) < 4.78 is 5.56. The van der Waals surface area contributed by atoms with E-state index in [1.165, 1.54) is 0 Å². The molecule has 3 aliphatic heterocycles. The van der Waals surface area contributed by atoms with E-state index in [1.807, 2.05) is 0 Å². The van der Waals surface area contributed by atoms with Gasteiger partial charge in [-0.05, 0) is 19.3 Å². The second-order valence-electron chi connectivity index (χ2n) is 5.67. The van der Waals surface area contributed by atoms with Gasteiger partial charge in [0, 0.05) is 6.42 Å². The topological polar surface area (TPSA) is 121 Å². The number of carbonyl (C=O) groups is 4. The fourth-order valence-corrected chi connectivity index (χ4v) is 3.67. The zero-order valence-corrected chi connectivity index (χ0v) is 11.1. The van der Waals surface area contributed by atoms with Crippen LogP contribution in [0.2, 0.25) is 0 Å². The van der Waals surface area contributed by atoms with Gasteiger partial charge in [-0.15, -0.1) is 0 Å². The third-order valence-corrected chi connectivity index (χ3v) is 4.55. The molecule has 0 saturated carbocycles. The fraction of sp³-hybridized carbons (Fsp3) is 0.692. The predicted octanol–water partition coefficient (Wildman–Crippen LogP) is -0.533. The number of imide groups is 1. The summed E-state index contributed by atoms with van der Waals surface area (Å²) in [6, 6.07) is -1.41. The molecule has 0 aromatic carbocycles. The molecule has 114 valence electrons. The average molecular weight is 297 g/mol. The van der Waals surface area contributed by atoms with Crippen molar-refractivity contribution in [3.05, 3.63) is 0 Å². The molecule has 3 aliphatic rings. The molecule has 0 aliphatic carbocycles. The molecule has 3 saturated heterocycles. The summed E-state index contributed by atoms with van der Waals surface area (Å²) in [7, 11) is 0. The zero-order valence-electron chi connectivity index (χ0n) is 11.1. The quantitative estimate of drug-likeness (QED) is 0.654. The fourth-order valence-electron chi connectivity index (χ4n) is 3.67. The molecule has 2 bridgehead atoms. The molecule has 21 heavy (non-hydrogen) atoms. The van der Waals surface area contributed by atoms with E-state index in [4.69, 9.17) is 9.84 Å². The number of ether oxygens (including phenoxy) is 1. The summed E-state index contributed by atoms with van der Waals surface area (Å²) in [6.07, 6.45) is 0.0902. The van der Waals surface area contributed by atoms with Crippen LogP contribution in [0.15, 0.2) is 0 Å². The van der Waals surface area contributed by atoms with E-state index in [1.54, 1.807) is 0 Å². The van der Waals surface area contributed by atoms with E-state index >= 15 is 0 Å². The van der Waals surface area contributed by atoms with Crippen molar-refractivity contribution >= 4 is 23.8 Å². The van der Waals surface area contributed by atoms with Crippen molar-refractivity contribution in [3.63, 3.8) is 0 Å². The molecule has 5 atom stereocenters. The highest BCUT2D eigenvalue weighted by molar-refractivity contribution is 6.08. The minimum absolute atomic E-state index is 0.280. The van der Waals surface area contributed by atoms with Crippen LogP contribution in [0.4, 0.5) is 0 Å². The molecule has 3 heterocycles. The molecule has 0 spiro atoms. The highest BCUT2D eigenvalue weighted by Crippen LogP contribution is 2.49. The Kier molecular flexibility index (Phi) is 3.20. The number of nitrogens with zero attached hydrogens (tertiary/aromatic N) is 1. The number of hydrogen-bond acceptors (Lipinski definition) is 5. The first-order valence-corrected chi connectivity index (χ1v) is 6.88. The Morgan fingerprint density at radius 2 is 1.67 bits per heavy atom. The van der Waals surface area contributed by atoms with Crippen LogP contribution in [-0.4, -0.2) is 57.1 Å². The van der Waals surface area contributed by atoms with E-state index in [0.717, 1.165) is 4.90 Å². The zero-order chi connectivity index (χ0) is 15.3. The maximum Gasteiger partial charge on any atom is 0.326 e. The molecule has 0 radical (unpaired) electrons. The number of likely N-dealkylation sites (tertiary alicyclic amines) is 1. The molecule has 8 heteroatoms. The van der Waals surface area contributed by atoms with Gasteiger partial charge in [0.2, 0.25) is 11.8 Å². The van der Waals surface area contributed by atoms with Crippen molar-refractivity contribution in [2.24, 2.45) is 11.8 Å². The summed E-state index contributed by atoms with van der Waals surface area (Å²) in [5, 5.41) is 17.9. The number of hydrogen-bond donors (Lipinski definition) is 2. The predicted molar refractivity (Wildman–Crippen MR) is 65.0 cm³/mol. The number of carboxylic acid groups (broad SMARTS) is 2. The van der Waals surface area contributed by atoms with Crippen LogP contribution in [0.1, 0.15) is 25.7 Å². The number of aliphatic carboxylic acids is 2. The maximum absolute atomic E-state index is 12.4. The summed E-state index contributed by atoms with van der Waals surface area (Å²) in [5.41, 5.74) is 0. The van der Waals surface area contributed by atoms with Gasteiger partial charge in [0.1, 0.15) is 6.04 Å². The van der Waals surface area contributed by atoms with Crippen molar-refractivity contribution in [1.82, 2.24) is 4.90 Å². The molecule has 8 nitrogen and oxygen atoms in total. The van der Waals surface area contributed by atoms with Crippen molar-refractivity contribution in [2.45, 2.75) is 43.9 Å². The number of amides is 2. The second-order valence-corrected chi connectivity index (χ2v) is 5.67. The van der Waals surface area contributed by atoms with Gasteiger partial charge in [-0.3, -0.25) is 19.3 Å². The van der Waals surface area contributed by atoms with Crippen LogP contribution in [-0.2, 0) is 23.9 Å². The molecule has 0 aromatic rings. The lowest BCUT2D eigenvalue weighted by molar-refractivity contribution is -0.157. The van der Waals surface area contributed by atoms with Crippen molar-refractivity contribution < 1.29 is 34.1 Å². The average Bonchev–Trinajstić information content (AvgIpc) is 3.06. The molecule has 0 aromatic heterocycles. The van der Waals surface area contributed by atoms with Crippen molar-refractivity contribution in [1.29, 1.82) is 0 Å². The molecule has 2 N–H and O–H groups in total. The molecule has 2 amide bonds. The highest BCUT2D eigenvalue weighted by Gasteiger charge is 2.63. The Balaban J connectivity index is 1.84. The Morgan fingerprint density at radius 3 is 2.10 bits per heavy atom. The lowest BCUT2D eigenvalue weighted by Crippen LogP contribution is -2.47. The Hall–Kier alpha value is -1.96. The first-order valence-electron chi connectivity index (χ1n) is 6.88. The normalized spacial score (nSPS) is 35.1. The Bertz CT molecular complexity index is 503. The smallest absolute Gasteiger partial charge is 0.326 e. The number of fused-ring (bicyclic) bond motifs is 5. The minimum atomic E-state index is -1.41. The standard InChI is InChI=1S/C13H15NO7/c15-8(16)4-1-5(13(19)20)14-11(17)9-6-2-3-7(21-6)10(9)12(14)18/h5-7,9-10H,1-4H2,(H,15,16)(H,19,20)/t5-,6-,7+,9-,10+/m1/s1. The van der Waals surface area contributed by atoms with Crippen molar-refractivity contribution in [3.8, 4) is 0 Å². The molecular formula is C13H15NO7. The number of carbonyl (C=O) groups excluding carboxylic acids is 2. The van der Waals surface area contributed by atoms with Crippen molar-refractivity contribution in [2.75, 3.05) is 0 Å². The first kappa shape index (κ1) is 14.0. The van der Waals surface area contributed by atoms with E-state index < -0.39 is 48.1 Å². The van der Waals surface area contributed by atoms with Crippen LogP contribution in [0.25, 0.3) is 0 Å². The van der Waals surface area contributed by atoms with Crippen LogP contribution in [0, 0.1) is 11.8 Å². The van der Waals surface area contributed by atoms with Gasteiger partial charge in [0.15, 0.2) is 0 Å². The van der Waals surface area contributed by atoms with Gasteiger partial charge in [0.05, 0.1) is 24.0 Å². The van der Waals surface area contributed by atoms with E-state index in [2.05, 4.69) is 0 Å². The minimum Gasteiger partial charge on any atom is -0.481 e. The van der Waals surface area contributed by atoms with Crippen LogP contribution in [0.3, 0.4) is 0 Å². The Labute approximate surface area is 119 Å². The molecule has 3 rings (SSSR count). The maximum atomic E-state index is 12.4. The molecule has 0 unspecified atom stereocenters. The van der Waals surface area contributed by atoms with Gasteiger partial charge in [-0.25, -0.2) is 4.79 Å². The summed E-state index contributed by atoms with van der Waals surface area (Å²) in [5.74, 6) is -4.77. The van der Waals surface area contributed by atoms with Gasteiger partial charge in [0.25, 0.3) is 0 Å². The Morgan fingerprint density at radius 1 is 1.14 bits per heavy atom. The number of carboxylic acids is 2. The van der Waals surface area contributed by atoms with E-state index in [9.17, 15) is 24.3 Å². The highest BCUT2D eigenvalue weighted by atomic mass is 16.5. The summed E-state index contributed by atoms with van der Waals surface area (Å²) in [4.78, 5) is 47.5. The van der Waals surface area contributed by atoms with Gasteiger partial charge in [-0.1, -0.05) is 0 Å².